The minimum absolute atomic E-state index is 0.00794. The van der Waals surface area contributed by atoms with Gasteiger partial charge in [0.1, 0.15) is 0 Å². The van der Waals surface area contributed by atoms with Crippen molar-refractivity contribution in [2.24, 2.45) is 0 Å². The van der Waals surface area contributed by atoms with Gasteiger partial charge in [-0.15, -0.1) is 0 Å². The van der Waals surface area contributed by atoms with Crippen molar-refractivity contribution < 1.29 is 22.4 Å². The van der Waals surface area contributed by atoms with Crippen molar-refractivity contribution in [3.8, 4) is 0 Å². The highest BCUT2D eigenvalue weighted by Crippen LogP contribution is 2.24. The maximum atomic E-state index is 12.8. The Kier molecular flexibility index (Phi) is 5.47. The molecule has 0 saturated carbocycles. The molecule has 6 heteroatoms. The molecule has 0 N–H and O–H groups in total. The molecule has 0 aromatic heterocycles. The average Bonchev–Trinajstić information content (AvgIpc) is 2.15. The summed E-state index contributed by atoms with van der Waals surface area (Å²) < 4.78 is 49.5. The van der Waals surface area contributed by atoms with Crippen LogP contribution in [0.3, 0.4) is 0 Å². The first-order chi connectivity index (χ1) is 7.22. The molecule has 94 valence electrons. The number of alkyl halides is 4. The van der Waals surface area contributed by atoms with Gasteiger partial charge in [0.25, 0.3) is 0 Å². The van der Waals surface area contributed by atoms with E-state index in [1.54, 1.807) is 6.92 Å². The Morgan fingerprint density at radius 1 is 1.44 bits per heavy atom. The third kappa shape index (κ3) is 4.20. The van der Waals surface area contributed by atoms with E-state index in [1.807, 2.05) is 0 Å². The number of amides is 1. The second-order valence-electron chi connectivity index (χ2n) is 3.57. The summed E-state index contributed by atoms with van der Waals surface area (Å²) in [4.78, 5) is 12.1. The lowest BCUT2D eigenvalue weighted by Gasteiger charge is -2.26. The van der Waals surface area contributed by atoms with Gasteiger partial charge in [0.2, 0.25) is 5.91 Å². The average molecular weight is 241 g/mol. The van der Waals surface area contributed by atoms with Crippen LogP contribution in [0.5, 0.6) is 0 Å². The molecule has 0 spiro atoms. The third-order valence-corrected chi connectivity index (χ3v) is 1.87. The van der Waals surface area contributed by atoms with Crippen LogP contribution in [-0.2, 0) is 4.79 Å². The summed E-state index contributed by atoms with van der Waals surface area (Å²) >= 11 is 0. The van der Waals surface area contributed by atoms with Crippen LogP contribution in [0.2, 0.25) is 0 Å². The molecule has 0 aromatic carbocycles. The number of halogens is 4. The Hall–Kier alpha value is -1.07. The van der Waals surface area contributed by atoms with Gasteiger partial charge < -0.3 is 4.90 Å². The number of rotatable bonds is 6. The molecule has 0 saturated heterocycles. The zero-order chi connectivity index (χ0) is 12.9. The van der Waals surface area contributed by atoms with Gasteiger partial charge in [-0.1, -0.05) is 13.5 Å². The van der Waals surface area contributed by atoms with E-state index in [0.717, 1.165) is 0 Å². The first kappa shape index (κ1) is 14.9. The summed E-state index contributed by atoms with van der Waals surface area (Å²) in [5.41, 5.74) is 0.0542. The number of nitrogens with zero attached hydrogens (tertiary/aromatic N) is 1. The number of carbonyl (C=O) groups excluding carboxylic acids is 1. The summed E-state index contributed by atoms with van der Waals surface area (Å²) in [7, 11) is 0. The Morgan fingerprint density at radius 2 is 1.94 bits per heavy atom. The summed E-state index contributed by atoms with van der Waals surface area (Å²) in [6, 6.07) is 0. The van der Waals surface area contributed by atoms with Gasteiger partial charge in [0.15, 0.2) is 0 Å². The molecule has 0 aliphatic carbocycles. The van der Waals surface area contributed by atoms with Crippen LogP contribution < -0.4 is 0 Å². The van der Waals surface area contributed by atoms with E-state index in [0.29, 0.717) is 11.3 Å². The van der Waals surface area contributed by atoms with Crippen LogP contribution in [0.25, 0.3) is 0 Å². The molecule has 0 aromatic rings. The lowest BCUT2D eigenvalue weighted by Crippen LogP contribution is -2.45. The fourth-order valence-corrected chi connectivity index (χ4v) is 1.12. The molecule has 0 radical (unpaired) electrons. The zero-order valence-electron chi connectivity index (χ0n) is 9.27. The normalized spacial score (nSPS) is 11.7. The summed E-state index contributed by atoms with van der Waals surface area (Å²) in [6.07, 6.45) is -3.36. The van der Waals surface area contributed by atoms with Gasteiger partial charge in [-0.05, 0) is 13.3 Å². The van der Waals surface area contributed by atoms with E-state index in [4.69, 9.17) is 0 Å². The van der Waals surface area contributed by atoms with Crippen molar-refractivity contribution >= 4 is 5.91 Å². The fourth-order valence-electron chi connectivity index (χ4n) is 1.12. The lowest BCUT2D eigenvalue weighted by molar-refractivity contribution is -0.154. The molecule has 1 amide bonds. The molecule has 16 heavy (non-hydrogen) atoms. The molecule has 0 aliphatic heterocycles. The smallest absolute Gasteiger partial charge is 0.324 e. The van der Waals surface area contributed by atoms with Crippen molar-refractivity contribution in [1.29, 1.82) is 0 Å². The van der Waals surface area contributed by atoms with Gasteiger partial charge in [0.05, 0.1) is 6.54 Å². The van der Waals surface area contributed by atoms with Crippen molar-refractivity contribution in [2.45, 2.75) is 32.6 Å². The number of carbonyl (C=O) groups is 1. The second kappa shape index (κ2) is 5.86. The Morgan fingerprint density at radius 3 is 2.25 bits per heavy atom. The highest BCUT2D eigenvalue weighted by atomic mass is 19.3. The topological polar surface area (TPSA) is 20.3 Å². The van der Waals surface area contributed by atoms with Gasteiger partial charge in [-0.2, -0.15) is 8.78 Å². The van der Waals surface area contributed by atoms with E-state index in [2.05, 4.69) is 6.58 Å². The molecule has 0 rings (SSSR count). The highest BCUT2D eigenvalue weighted by molar-refractivity contribution is 5.92. The largest absolute Gasteiger partial charge is 0.333 e. The van der Waals surface area contributed by atoms with E-state index in [1.165, 1.54) is 6.92 Å². The predicted molar refractivity (Wildman–Crippen MR) is 52.6 cm³/mol. The molecular weight excluding hydrogens is 226 g/mol. The molecule has 0 heterocycles. The van der Waals surface area contributed by atoms with Crippen molar-refractivity contribution in [3.05, 3.63) is 12.2 Å². The van der Waals surface area contributed by atoms with Crippen LogP contribution in [0, 0.1) is 0 Å². The molecule has 0 bridgehead atoms. The van der Waals surface area contributed by atoms with Crippen molar-refractivity contribution in [3.63, 3.8) is 0 Å². The van der Waals surface area contributed by atoms with Crippen LogP contribution in [0.15, 0.2) is 12.2 Å². The molecule has 2 nitrogen and oxygen atoms in total. The number of hydrogen-bond donors (Lipinski definition) is 0. The maximum Gasteiger partial charge on any atom is 0.324 e. The quantitative estimate of drug-likeness (QED) is 0.517. The second-order valence-corrected chi connectivity index (χ2v) is 3.57. The maximum absolute atomic E-state index is 12.8. The van der Waals surface area contributed by atoms with Crippen molar-refractivity contribution in [1.82, 2.24) is 4.90 Å². The minimum Gasteiger partial charge on any atom is -0.333 e. The summed E-state index contributed by atoms with van der Waals surface area (Å²) in [5, 5.41) is 0. The minimum atomic E-state index is -4.18. The van der Waals surface area contributed by atoms with Crippen LogP contribution >= 0.6 is 0 Å². The predicted octanol–water partition coefficient (Wildman–Crippen LogP) is 2.70. The molecule has 0 unspecified atom stereocenters. The van der Waals surface area contributed by atoms with Crippen LogP contribution in [-0.4, -0.2) is 36.2 Å². The van der Waals surface area contributed by atoms with Gasteiger partial charge in [0, 0.05) is 12.1 Å². The standard InChI is InChI=1S/C10H15F4NO/c1-4-5-15(8(16)7(2)3)6-10(13,14)9(11)12/h9H,2,4-6H2,1,3H3. The first-order valence-electron chi connectivity index (χ1n) is 4.83. The Bertz CT molecular complexity index is 266. The fraction of sp³-hybridized carbons (Fsp3) is 0.700. The van der Waals surface area contributed by atoms with Gasteiger partial charge in [-0.3, -0.25) is 4.79 Å². The number of hydrogen-bond acceptors (Lipinski definition) is 1. The van der Waals surface area contributed by atoms with Crippen molar-refractivity contribution in [2.75, 3.05) is 13.1 Å². The highest BCUT2D eigenvalue weighted by Gasteiger charge is 2.43. The molecule has 0 fully saturated rings. The van der Waals surface area contributed by atoms with Gasteiger partial charge in [-0.25, -0.2) is 8.78 Å². The Balaban J connectivity index is 4.69. The zero-order valence-corrected chi connectivity index (χ0v) is 9.27. The Labute approximate surface area is 91.9 Å². The SMILES string of the molecule is C=C(C)C(=O)N(CCC)CC(F)(F)C(F)F. The molecule has 0 aliphatic rings. The van der Waals surface area contributed by atoms with Crippen LogP contribution in [0.4, 0.5) is 17.6 Å². The lowest BCUT2D eigenvalue weighted by atomic mass is 10.2. The monoisotopic (exact) mass is 241 g/mol. The van der Waals surface area contributed by atoms with Gasteiger partial charge >= 0.3 is 12.3 Å². The molecule has 0 atom stereocenters. The first-order valence-corrected chi connectivity index (χ1v) is 4.83. The molecular formula is C10H15F4NO. The summed E-state index contributed by atoms with van der Waals surface area (Å²) in [6.45, 7) is 5.06. The van der Waals surface area contributed by atoms with E-state index >= 15 is 0 Å². The van der Waals surface area contributed by atoms with Crippen LogP contribution in [0.1, 0.15) is 20.3 Å². The summed E-state index contributed by atoms with van der Waals surface area (Å²) in [5.74, 6) is -4.90. The third-order valence-electron chi connectivity index (χ3n) is 1.87. The van der Waals surface area contributed by atoms with E-state index < -0.39 is 24.8 Å². The van der Waals surface area contributed by atoms with E-state index in [9.17, 15) is 22.4 Å². The van der Waals surface area contributed by atoms with E-state index in [-0.39, 0.29) is 12.1 Å².